The fourth-order valence-electron chi connectivity index (χ4n) is 1.45. The van der Waals surface area contributed by atoms with E-state index in [0.717, 1.165) is 29.9 Å². The molecule has 0 spiro atoms. The number of imidazole rings is 1. The Hall–Kier alpha value is -1.38. The Labute approximate surface area is 77.4 Å². The van der Waals surface area contributed by atoms with E-state index >= 15 is 0 Å². The predicted molar refractivity (Wildman–Crippen MR) is 51.7 cm³/mol. The smallest absolute Gasteiger partial charge is 0.155 e. The Balaban J connectivity index is 2.48. The Morgan fingerprint density at radius 3 is 3.00 bits per heavy atom. The lowest BCUT2D eigenvalue weighted by molar-refractivity contribution is 0.865. The third kappa shape index (κ3) is 1.54. The zero-order chi connectivity index (χ0) is 9.26. The Morgan fingerprint density at radius 2 is 2.23 bits per heavy atom. The average Bonchev–Trinajstić information content (AvgIpc) is 2.44. The van der Waals surface area contributed by atoms with Crippen LogP contribution in [0.5, 0.6) is 0 Å². The molecule has 13 heavy (non-hydrogen) atoms. The van der Waals surface area contributed by atoms with Crippen LogP contribution in [-0.4, -0.2) is 14.4 Å². The van der Waals surface area contributed by atoms with Crippen LogP contribution in [0.1, 0.15) is 24.7 Å². The summed E-state index contributed by atoms with van der Waals surface area (Å²) in [5.74, 6) is 0. The van der Waals surface area contributed by atoms with Crippen LogP contribution in [-0.2, 0) is 6.42 Å². The molecule has 0 atom stereocenters. The molecule has 3 nitrogen and oxygen atoms in total. The van der Waals surface area contributed by atoms with Crippen molar-refractivity contribution < 1.29 is 0 Å². The van der Waals surface area contributed by atoms with Gasteiger partial charge in [-0.05, 0) is 13.3 Å². The van der Waals surface area contributed by atoms with E-state index in [0.29, 0.717) is 0 Å². The van der Waals surface area contributed by atoms with Crippen LogP contribution in [0.25, 0.3) is 5.65 Å². The molecule has 0 aromatic carbocycles. The second-order valence-corrected chi connectivity index (χ2v) is 3.28. The van der Waals surface area contributed by atoms with Crippen molar-refractivity contribution in [2.24, 2.45) is 0 Å². The highest BCUT2D eigenvalue weighted by Crippen LogP contribution is 2.05. The number of hydrogen-bond donors (Lipinski definition) is 0. The molecule has 0 aliphatic carbocycles. The summed E-state index contributed by atoms with van der Waals surface area (Å²) in [5.41, 5.74) is 3.10. The van der Waals surface area contributed by atoms with E-state index in [1.54, 1.807) is 0 Å². The molecule has 2 rings (SSSR count). The van der Waals surface area contributed by atoms with E-state index in [-0.39, 0.29) is 0 Å². The lowest BCUT2D eigenvalue weighted by Crippen LogP contribution is -1.93. The topological polar surface area (TPSA) is 30.2 Å². The van der Waals surface area contributed by atoms with Gasteiger partial charge in [-0.2, -0.15) is 0 Å². The number of fused-ring (bicyclic) bond motifs is 1. The van der Waals surface area contributed by atoms with Crippen molar-refractivity contribution in [1.82, 2.24) is 14.4 Å². The van der Waals surface area contributed by atoms with Crippen LogP contribution < -0.4 is 0 Å². The largest absolute Gasteiger partial charge is 0.304 e. The molecule has 3 heteroatoms. The van der Waals surface area contributed by atoms with Gasteiger partial charge in [0, 0.05) is 12.4 Å². The van der Waals surface area contributed by atoms with Crippen LogP contribution >= 0.6 is 0 Å². The standard InChI is InChI=1S/C10H13N3/c1-3-4-9-7-13-6-8(2)12-10(13)5-11-9/h5-7H,3-4H2,1-2H3. The van der Waals surface area contributed by atoms with Gasteiger partial charge in [-0.3, -0.25) is 4.98 Å². The van der Waals surface area contributed by atoms with Gasteiger partial charge in [-0.15, -0.1) is 0 Å². The van der Waals surface area contributed by atoms with Gasteiger partial charge in [-0.25, -0.2) is 4.98 Å². The maximum absolute atomic E-state index is 4.33. The molecular formula is C10H13N3. The molecule has 0 aliphatic rings. The van der Waals surface area contributed by atoms with Crippen LogP contribution in [0.2, 0.25) is 0 Å². The third-order valence-electron chi connectivity index (χ3n) is 2.02. The quantitative estimate of drug-likeness (QED) is 0.698. The van der Waals surface area contributed by atoms with Gasteiger partial charge in [0.2, 0.25) is 0 Å². The highest BCUT2D eigenvalue weighted by atomic mass is 15.0. The van der Waals surface area contributed by atoms with Gasteiger partial charge in [-0.1, -0.05) is 13.3 Å². The molecular weight excluding hydrogens is 162 g/mol. The molecule has 2 aromatic heterocycles. The first-order valence-electron chi connectivity index (χ1n) is 4.60. The molecule has 0 fully saturated rings. The number of rotatable bonds is 2. The van der Waals surface area contributed by atoms with Crippen molar-refractivity contribution in [1.29, 1.82) is 0 Å². The van der Waals surface area contributed by atoms with Gasteiger partial charge < -0.3 is 4.40 Å². The Morgan fingerprint density at radius 1 is 1.38 bits per heavy atom. The maximum Gasteiger partial charge on any atom is 0.155 e. The maximum atomic E-state index is 4.33. The fourth-order valence-corrected chi connectivity index (χ4v) is 1.45. The lowest BCUT2D eigenvalue weighted by atomic mass is 10.3. The monoisotopic (exact) mass is 175 g/mol. The molecule has 0 saturated carbocycles. The van der Waals surface area contributed by atoms with Gasteiger partial charge in [0.05, 0.1) is 17.6 Å². The minimum atomic E-state index is 0.928. The number of hydrogen-bond acceptors (Lipinski definition) is 2. The summed E-state index contributed by atoms with van der Waals surface area (Å²) in [6.07, 6.45) is 8.08. The molecule has 0 bridgehead atoms. The molecule has 0 N–H and O–H groups in total. The molecule has 2 heterocycles. The molecule has 2 aromatic rings. The molecule has 0 saturated heterocycles. The first-order chi connectivity index (χ1) is 6.29. The number of aryl methyl sites for hydroxylation is 2. The van der Waals surface area contributed by atoms with E-state index in [2.05, 4.69) is 23.1 Å². The Bertz CT molecular complexity index is 417. The van der Waals surface area contributed by atoms with Crippen molar-refractivity contribution in [3.63, 3.8) is 0 Å². The normalized spacial score (nSPS) is 10.9. The highest BCUT2D eigenvalue weighted by molar-refractivity contribution is 5.37. The average molecular weight is 175 g/mol. The van der Waals surface area contributed by atoms with E-state index < -0.39 is 0 Å². The minimum Gasteiger partial charge on any atom is -0.304 e. The zero-order valence-electron chi connectivity index (χ0n) is 7.99. The first kappa shape index (κ1) is 8.23. The van der Waals surface area contributed by atoms with E-state index in [9.17, 15) is 0 Å². The third-order valence-corrected chi connectivity index (χ3v) is 2.02. The van der Waals surface area contributed by atoms with E-state index in [4.69, 9.17) is 0 Å². The first-order valence-corrected chi connectivity index (χ1v) is 4.60. The fraction of sp³-hybridized carbons (Fsp3) is 0.400. The van der Waals surface area contributed by atoms with Crippen molar-refractivity contribution in [3.8, 4) is 0 Å². The van der Waals surface area contributed by atoms with Gasteiger partial charge in [0.25, 0.3) is 0 Å². The summed E-state index contributed by atoms with van der Waals surface area (Å²) in [7, 11) is 0. The zero-order valence-corrected chi connectivity index (χ0v) is 7.99. The van der Waals surface area contributed by atoms with Gasteiger partial charge in [0.1, 0.15) is 0 Å². The molecule has 0 amide bonds. The summed E-state index contributed by atoms with van der Waals surface area (Å²) in [5, 5.41) is 0. The summed E-state index contributed by atoms with van der Waals surface area (Å²) < 4.78 is 2.04. The molecule has 68 valence electrons. The Kier molecular flexibility index (Phi) is 2.00. The van der Waals surface area contributed by atoms with E-state index in [1.807, 2.05) is 23.7 Å². The second kappa shape index (κ2) is 3.17. The van der Waals surface area contributed by atoms with Crippen LogP contribution in [0.3, 0.4) is 0 Å². The van der Waals surface area contributed by atoms with Gasteiger partial charge >= 0.3 is 0 Å². The summed E-state index contributed by atoms with van der Waals surface area (Å²) in [6, 6.07) is 0. The second-order valence-electron chi connectivity index (χ2n) is 3.28. The van der Waals surface area contributed by atoms with Crippen molar-refractivity contribution in [2.75, 3.05) is 0 Å². The summed E-state index contributed by atoms with van der Waals surface area (Å²) in [6.45, 7) is 4.15. The highest BCUT2D eigenvalue weighted by Gasteiger charge is 1.99. The van der Waals surface area contributed by atoms with Crippen LogP contribution in [0, 0.1) is 6.92 Å². The van der Waals surface area contributed by atoms with Crippen molar-refractivity contribution >= 4 is 5.65 Å². The van der Waals surface area contributed by atoms with Crippen molar-refractivity contribution in [3.05, 3.63) is 30.0 Å². The van der Waals surface area contributed by atoms with Crippen LogP contribution in [0.15, 0.2) is 18.6 Å². The predicted octanol–water partition coefficient (Wildman–Crippen LogP) is 1.99. The van der Waals surface area contributed by atoms with Gasteiger partial charge in [0.15, 0.2) is 5.65 Å². The van der Waals surface area contributed by atoms with Crippen molar-refractivity contribution in [2.45, 2.75) is 26.7 Å². The summed E-state index contributed by atoms with van der Waals surface area (Å²) in [4.78, 5) is 8.64. The molecule has 0 unspecified atom stereocenters. The number of aromatic nitrogens is 3. The lowest BCUT2D eigenvalue weighted by Gasteiger charge is -1.97. The number of nitrogens with zero attached hydrogens (tertiary/aromatic N) is 3. The summed E-state index contributed by atoms with van der Waals surface area (Å²) >= 11 is 0. The SMILES string of the molecule is CCCc1cn2cc(C)nc2cn1. The van der Waals surface area contributed by atoms with E-state index in [1.165, 1.54) is 0 Å². The molecule has 0 aliphatic heterocycles. The minimum absolute atomic E-state index is 0.928. The molecule has 0 radical (unpaired) electrons. The van der Waals surface area contributed by atoms with Crippen LogP contribution in [0.4, 0.5) is 0 Å².